The highest BCUT2D eigenvalue weighted by Crippen LogP contribution is 2.35. The van der Waals surface area contributed by atoms with Crippen molar-refractivity contribution in [1.82, 2.24) is 0 Å². The Morgan fingerprint density at radius 2 is 1.84 bits per heavy atom. The molecule has 0 spiro atoms. The van der Waals surface area contributed by atoms with Gasteiger partial charge in [-0.2, -0.15) is 0 Å². The summed E-state index contributed by atoms with van der Waals surface area (Å²) in [6, 6.07) is 0.615. The summed E-state index contributed by atoms with van der Waals surface area (Å²) in [6.45, 7) is 2.97. The summed E-state index contributed by atoms with van der Waals surface area (Å²) in [6.07, 6.45) is 0.130. The Balaban J connectivity index is 2.62. The van der Waals surface area contributed by atoms with Crippen LogP contribution in [0.2, 0.25) is 0 Å². The van der Waals surface area contributed by atoms with Crippen LogP contribution in [0, 0.1) is 11.6 Å². The Bertz CT molecular complexity index is 598. The Kier molecular flexibility index (Phi) is 3.18. The molecule has 1 aliphatic rings. The van der Waals surface area contributed by atoms with Gasteiger partial charge in [0.15, 0.2) is 5.78 Å². The number of nitrogens with zero attached hydrogens (tertiary/aromatic N) is 1. The maximum absolute atomic E-state index is 13.8. The van der Waals surface area contributed by atoms with Gasteiger partial charge in [0.05, 0.1) is 17.3 Å². The van der Waals surface area contributed by atoms with Crippen LogP contribution in [-0.4, -0.2) is 23.5 Å². The molecule has 19 heavy (non-hydrogen) atoms. The van der Waals surface area contributed by atoms with E-state index in [0.29, 0.717) is 0 Å². The minimum Gasteiger partial charge on any atom is -0.297 e. The van der Waals surface area contributed by atoms with E-state index in [9.17, 15) is 23.2 Å². The lowest BCUT2D eigenvalue weighted by Crippen LogP contribution is -2.42. The fourth-order valence-corrected chi connectivity index (χ4v) is 2.12. The number of carbonyl (C=O) groups is 3. The number of amides is 1. The molecule has 1 heterocycles. The van der Waals surface area contributed by atoms with Gasteiger partial charge in [-0.15, -0.1) is 0 Å². The molecule has 4 nitrogen and oxygen atoms in total. The molecule has 0 saturated carbocycles. The third-order valence-electron chi connectivity index (χ3n) is 3.16. The molecule has 6 heteroatoms. The molecule has 0 fully saturated rings. The van der Waals surface area contributed by atoms with Crippen LogP contribution in [0.25, 0.3) is 0 Å². The first-order valence-electron chi connectivity index (χ1n) is 5.78. The summed E-state index contributed by atoms with van der Waals surface area (Å²) in [5.41, 5.74) is -1.04. The lowest BCUT2D eigenvalue weighted by Gasteiger charge is -2.23. The zero-order valence-electron chi connectivity index (χ0n) is 10.4. The topological polar surface area (TPSA) is 54.5 Å². The van der Waals surface area contributed by atoms with Crippen molar-refractivity contribution in [3.63, 3.8) is 0 Å². The Hall–Kier alpha value is -2.11. The summed E-state index contributed by atoms with van der Waals surface area (Å²) in [5.74, 6) is -4.39. The van der Waals surface area contributed by atoms with Crippen molar-refractivity contribution in [2.24, 2.45) is 0 Å². The molecular formula is C13H11F2NO3. The van der Waals surface area contributed by atoms with Crippen LogP contribution in [0.4, 0.5) is 14.5 Å². The molecule has 0 saturated heterocycles. The van der Waals surface area contributed by atoms with E-state index in [0.717, 1.165) is 17.0 Å². The van der Waals surface area contributed by atoms with E-state index < -0.39 is 40.6 Å². The van der Waals surface area contributed by atoms with Crippen LogP contribution in [0.5, 0.6) is 0 Å². The van der Waals surface area contributed by atoms with E-state index in [-0.39, 0.29) is 12.2 Å². The fraction of sp³-hybridized carbons (Fsp3) is 0.308. The minimum absolute atomic E-state index is 0.130. The van der Waals surface area contributed by atoms with Gasteiger partial charge in [0.1, 0.15) is 11.6 Å². The minimum atomic E-state index is -1.12. The van der Waals surface area contributed by atoms with Crippen LogP contribution in [0.1, 0.15) is 30.6 Å². The molecule has 0 aliphatic carbocycles. The van der Waals surface area contributed by atoms with Crippen molar-refractivity contribution >= 4 is 23.2 Å². The maximum Gasteiger partial charge on any atom is 0.300 e. The number of Topliss-reactive ketones (excluding diaryl/α,β-unsaturated/α-hetero) is 2. The molecule has 2 rings (SSSR count). The van der Waals surface area contributed by atoms with Gasteiger partial charge in [-0.3, -0.25) is 19.3 Å². The van der Waals surface area contributed by atoms with E-state index in [2.05, 4.69) is 0 Å². The summed E-state index contributed by atoms with van der Waals surface area (Å²) in [5, 5.41) is 0. The molecular weight excluding hydrogens is 256 g/mol. The lowest BCUT2D eigenvalue weighted by atomic mass is 10.1. The molecule has 100 valence electrons. The largest absolute Gasteiger partial charge is 0.300 e. The number of rotatable bonds is 3. The molecule has 1 unspecified atom stereocenters. The first-order chi connectivity index (χ1) is 8.90. The zero-order valence-corrected chi connectivity index (χ0v) is 10.4. The molecule has 1 atom stereocenters. The van der Waals surface area contributed by atoms with Gasteiger partial charge in [-0.05, 0) is 19.1 Å². The zero-order chi connectivity index (χ0) is 14.3. The summed E-state index contributed by atoms with van der Waals surface area (Å²) < 4.78 is 27.3. The second-order valence-electron chi connectivity index (χ2n) is 4.25. The Morgan fingerprint density at radius 3 is 2.42 bits per heavy atom. The highest BCUT2D eigenvalue weighted by Gasteiger charge is 2.44. The molecule has 1 amide bonds. The monoisotopic (exact) mass is 267 g/mol. The van der Waals surface area contributed by atoms with Crippen LogP contribution in [0.3, 0.4) is 0 Å². The van der Waals surface area contributed by atoms with Crippen LogP contribution >= 0.6 is 0 Å². The number of hydrogen-bond acceptors (Lipinski definition) is 3. The van der Waals surface area contributed by atoms with E-state index in [1.54, 1.807) is 6.92 Å². The lowest BCUT2D eigenvalue weighted by molar-refractivity contribution is -0.122. The van der Waals surface area contributed by atoms with Gasteiger partial charge in [-0.25, -0.2) is 8.78 Å². The SMILES string of the molecule is CCC(=O)C(C)N1C(=O)C(=O)c2c(F)ccc(F)c21. The molecule has 0 N–H and O–H groups in total. The van der Waals surface area contributed by atoms with Gasteiger partial charge in [0.2, 0.25) is 0 Å². The van der Waals surface area contributed by atoms with Crippen LogP contribution in [-0.2, 0) is 9.59 Å². The maximum atomic E-state index is 13.8. The highest BCUT2D eigenvalue weighted by molar-refractivity contribution is 6.53. The molecule has 0 bridgehead atoms. The van der Waals surface area contributed by atoms with E-state index in [1.807, 2.05) is 0 Å². The smallest absolute Gasteiger partial charge is 0.297 e. The number of ketones is 2. The average Bonchev–Trinajstić information content (AvgIpc) is 2.66. The number of halogens is 2. The van der Waals surface area contributed by atoms with Gasteiger partial charge in [-0.1, -0.05) is 6.92 Å². The predicted octanol–water partition coefficient (Wildman–Crippen LogP) is 1.86. The Morgan fingerprint density at radius 1 is 1.26 bits per heavy atom. The highest BCUT2D eigenvalue weighted by atomic mass is 19.1. The molecule has 1 aromatic rings. The first kappa shape index (κ1) is 13.3. The number of carbonyl (C=O) groups excluding carboxylic acids is 3. The number of anilines is 1. The normalized spacial score (nSPS) is 15.7. The Labute approximate surface area is 108 Å². The van der Waals surface area contributed by atoms with Crippen molar-refractivity contribution in [3.8, 4) is 0 Å². The standard InChI is InChI=1S/C13H11F2NO3/c1-3-9(17)6(2)16-11-8(15)5-4-7(14)10(11)12(18)13(16)19/h4-6H,3H2,1-2H3. The molecule has 0 radical (unpaired) electrons. The van der Waals surface area contributed by atoms with Gasteiger partial charge >= 0.3 is 0 Å². The fourth-order valence-electron chi connectivity index (χ4n) is 2.12. The predicted molar refractivity (Wildman–Crippen MR) is 62.9 cm³/mol. The van der Waals surface area contributed by atoms with Crippen molar-refractivity contribution in [2.75, 3.05) is 4.90 Å². The summed E-state index contributed by atoms with van der Waals surface area (Å²) in [7, 11) is 0. The van der Waals surface area contributed by atoms with Gasteiger partial charge < -0.3 is 0 Å². The summed E-state index contributed by atoms with van der Waals surface area (Å²) >= 11 is 0. The van der Waals surface area contributed by atoms with Crippen molar-refractivity contribution in [1.29, 1.82) is 0 Å². The summed E-state index contributed by atoms with van der Waals surface area (Å²) in [4.78, 5) is 35.9. The second kappa shape index (κ2) is 4.53. The molecule has 1 aliphatic heterocycles. The first-order valence-corrected chi connectivity index (χ1v) is 5.78. The van der Waals surface area contributed by atoms with Crippen LogP contribution in [0.15, 0.2) is 12.1 Å². The second-order valence-corrected chi connectivity index (χ2v) is 4.25. The number of fused-ring (bicyclic) bond motifs is 1. The van der Waals surface area contributed by atoms with E-state index in [1.165, 1.54) is 6.92 Å². The van der Waals surface area contributed by atoms with E-state index >= 15 is 0 Å². The molecule has 1 aromatic carbocycles. The third-order valence-corrected chi connectivity index (χ3v) is 3.16. The molecule has 0 aromatic heterocycles. The number of hydrogen-bond donors (Lipinski definition) is 0. The van der Waals surface area contributed by atoms with Crippen molar-refractivity contribution < 1.29 is 23.2 Å². The average molecular weight is 267 g/mol. The van der Waals surface area contributed by atoms with Crippen molar-refractivity contribution in [3.05, 3.63) is 29.3 Å². The van der Waals surface area contributed by atoms with Gasteiger partial charge in [0, 0.05) is 6.42 Å². The quantitative estimate of drug-likeness (QED) is 0.785. The van der Waals surface area contributed by atoms with Gasteiger partial charge in [0.25, 0.3) is 11.7 Å². The third kappa shape index (κ3) is 1.83. The van der Waals surface area contributed by atoms with E-state index in [4.69, 9.17) is 0 Å². The van der Waals surface area contributed by atoms with Crippen LogP contribution < -0.4 is 4.90 Å². The number of benzene rings is 1. The van der Waals surface area contributed by atoms with Crippen molar-refractivity contribution in [2.45, 2.75) is 26.3 Å².